The number of hydrogen-bond acceptors (Lipinski definition) is 5. The van der Waals surface area contributed by atoms with Gasteiger partial charge in [0.05, 0.1) is 16.8 Å². The van der Waals surface area contributed by atoms with Crippen LogP contribution in [0.5, 0.6) is 0 Å². The van der Waals surface area contributed by atoms with Crippen molar-refractivity contribution in [2.75, 3.05) is 34.8 Å². The minimum absolute atomic E-state index is 0.0936. The van der Waals surface area contributed by atoms with Crippen LogP contribution in [0.1, 0.15) is 16.9 Å². The van der Waals surface area contributed by atoms with E-state index in [1.807, 2.05) is 4.90 Å². The molecule has 0 saturated carbocycles. The quantitative estimate of drug-likeness (QED) is 0.765. The molecule has 0 aromatic carbocycles. The Hall–Kier alpha value is -3.08. The standard InChI is InChI=1S/C18H16ClF3N6O2/c19-11-7-12-15(26-14(11)16(29)24-9-18(20,21)22)28(10-4-6-27(12)8-10)17(30)25-13-3-1-2-5-23-13/h1-3,5,7,10H,4,6,8-9H2,(H,24,29)(H,23,25,30)/t10-/m0/s1. The van der Waals surface area contributed by atoms with Crippen LogP contribution >= 0.6 is 11.6 Å². The summed E-state index contributed by atoms with van der Waals surface area (Å²) in [4.78, 5) is 36.8. The van der Waals surface area contributed by atoms with E-state index in [0.29, 0.717) is 31.0 Å². The second-order valence-electron chi connectivity index (χ2n) is 6.86. The van der Waals surface area contributed by atoms with E-state index in [2.05, 4.69) is 15.3 Å². The average Bonchev–Trinajstić information content (AvgIpc) is 3.11. The summed E-state index contributed by atoms with van der Waals surface area (Å²) < 4.78 is 37.3. The first kappa shape index (κ1) is 20.2. The van der Waals surface area contributed by atoms with E-state index in [4.69, 9.17) is 11.6 Å². The van der Waals surface area contributed by atoms with Crippen molar-refractivity contribution in [2.45, 2.75) is 18.6 Å². The van der Waals surface area contributed by atoms with Crippen molar-refractivity contribution in [3.63, 3.8) is 0 Å². The fourth-order valence-corrected chi connectivity index (χ4v) is 3.75. The number of alkyl halides is 3. The smallest absolute Gasteiger partial charge is 0.366 e. The van der Waals surface area contributed by atoms with Crippen LogP contribution in [0.2, 0.25) is 5.02 Å². The Morgan fingerprint density at radius 1 is 1.30 bits per heavy atom. The highest BCUT2D eigenvalue weighted by molar-refractivity contribution is 6.34. The summed E-state index contributed by atoms with van der Waals surface area (Å²) in [7, 11) is 0. The van der Waals surface area contributed by atoms with Gasteiger partial charge in [-0.15, -0.1) is 0 Å². The van der Waals surface area contributed by atoms with Crippen LogP contribution in [0, 0.1) is 0 Å². The number of nitrogens with one attached hydrogen (secondary N) is 2. The molecule has 2 aromatic rings. The lowest BCUT2D eigenvalue weighted by atomic mass is 10.1. The Labute approximate surface area is 174 Å². The number of amides is 3. The molecule has 2 bridgehead atoms. The number of carbonyl (C=O) groups is 2. The molecule has 0 unspecified atom stereocenters. The molecule has 2 aromatic heterocycles. The molecular formula is C18H16ClF3N6O2. The molecular weight excluding hydrogens is 425 g/mol. The summed E-state index contributed by atoms with van der Waals surface area (Å²) in [5, 5.41) is 4.34. The van der Waals surface area contributed by atoms with Crippen molar-refractivity contribution in [3.8, 4) is 0 Å². The number of fused-ring (bicyclic) bond motifs is 4. The molecule has 2 N–H and O–H groups in total. The summed E-state index contributed by atoms with van der Waals surface area (Å²) in [6.07, 6.45) is -2.38. The SMILES string of the molecule is O=C(NCC(F)(F)F)c1nc2c(cc1Cl)N1CC[C@@H](C1)N2C(=O)Nc1ccccn1. The van der Waals surface area contributed by atoms with Gasteiger partial charge >= 0.3 is 12.2 Å². The first-order valence-corrected chi connectivity index (χ1v) is 9.42. The Morgan fingerprint density at radius 3 is 2.80 bits per heavy atom. The van der Waals surface area contributed by atoms with Crippen molar-refractivity contribution in [1.82, 2.24) is 15.3 Å². The van der Waals surface area contributed by atoms with E-state index in [9.17, 15) is 22.8 Å². The van der Waals surface area contributed by atoms with E-state index in [1.165, 1.54) is 17.2 Å². The summed E-state index contributed by atoms with van der Waals surface area (Å²) in [6.45, 7) is -0.303. The molecule has 30 heavy (non-hydrogen) atoms. The van der Waals surface area contributed by atoms with Gasteiger partial charge < -0.3 is 10.2 Å². The first-order chi connectivity index (χ1) is 14.2. The van der Waals surface area contributed by atoms with Crippen molar-refractivity contribution in [3.05, 3.63) is 41.2 Å². The summed E-state index contributed by atoms with van der Waals surface area (Å²) >= 11 is 6.14. The third-order valence-corrected chi connectivity index (χ3v) is 5.11. The van der Waals surface area contributed by atoms with Gasteiger partial charge in [-0.05, 0) is 24.6 Å². The molecule has 8 nitrogen and oxygen atoms in total. The predicted molar refractivity (Wildman–Crippen MR) is 104 cm³/mol. The second-order valence-corrected chi connectivity index (χ2v) is 7.27. The van der Waals surface area contributed by atoms with E-state index >= 15 is 0 Å². The topological polar surface area (TPSA) is 90.5 Å². The highest BCUT2D eigenvalue weighted by atomic mass is 35.5. The zero-order valence-corrected chi connectivity index (χ0v) is 16.2. The van der Waals surface area contributed by atoms with E-state index < -0.39 is 24.7 Å². The third kappa shape index (κ3) is 3.97. The number of nitrogens with zero attached hydrogens (tertiary/aromatic N) is 4. The Morgan fingerprint density at radius 2 is 2.10 bits per heavy atom. The molecule has 3 amide bonds. The number of aromatic nitrogens is 2. The van der Waals surface area contributed by atoms with Gasteiger partial charge in [0, 0.05) is 19.3 Å². The van der Waals surface area contributed by atoms with Gasteiger partial charge in [0.25, 0.3) is 5.91 Å². The predicted octanol–water partition coefficient (Wildman–Crippen LogP) is 3.05. The molecule has 1 saturated heterocycles. The van der Waals surface area contributed by atoms with Crippen LogP contribution in [0.25, 0.3) is 0 Å². The van der Waals surface area contributed by atoms with E-state index in [1.54, 1.807) is 23.5 Å². The minimum atomic E-state index is -4.57. The molecule has 1 atom stereocenters. The van der Waals surface area contributed by atoms with E-state index in [0.717, 1.165) is 0 Å². The van der Waals surface area contributed by atoms with Crippen molar-refractivity contribution < 1.29 is 22.8 Å². The second kappa shape index (κ2) is 7.63. The van der Waals surface area contributed by atoms with Crippen molar-refractivity contribution in [1.29, 1.82) is 0 Å². The number of pyridine rings is 2. The molecule has 1 fully saturated rings. The highest BCUT2D eigenvalue weighted by Gasteiger charge is 2.41. The van der Waals surface area contributed by atoms with Crippen molar-refractivity contribution in [2.24, 2.45) is 0 Å². The molecule has 0 aliphatic carbocycles. The van der Waals surface area contributed by atoms with Crippen LogP contribution in [-0.2, 0) is 0 Å². The largest absolute Gasteiger partial charge is 0.405 e. The van der Waals surface area contributed by atoms with Gasteiger partial charge in [-0.1, -0.05) is 17.7 Å². The zero-order valence-electron chi connectivity index (χ0n) is 15.4. The summed E-state index contributed by atoms with van der Waals surface area (Å²) in [5.74, 6) is -0.571. The maximum Gasteiger partial charge on any atom is 0.405 e. The van der Waals surface area contributed by atoms with Crippen LogP contribution in [0.15, 0.2) is 30.5 Å². The van der Waals surface area contributed by atoms with Crippen LogP contribution in [0.4, 0.5) is 35.3 Å². The Balaban J connectivity index is 1.66. The molecule has 4 heterocycles. The number of anilines is 3. The number of halogens is 4. The number of carbonyl (C=O) groups excluding carboxylic acids is 2. The van der Waals surface area contributed by atoms with Gasteiger partial charge in [-0.2, -0.15) is 13.2 Å². The maximum absolute atomic E-state index is 13.0. The zero-order chi connectivity index (χ0) is 21.5. The highest BCUT2D eigenvalue weighted by Crippen LogP contribution is 2.41. The minimum Gasteiger partial charge on any atom is -0.366 e. The van der Waals surface area contributed by atoms with Gasteiger partial charge in [0.2, 0.25) is 0 Å². The summed E-state index contributed by atoms with van der Waals surface area (Å²) in [5.41, 5.74) is 0.162. The lowest BCUT2D eigenvalue weighted by Gasteiger charge is -2.36. The fraction of sp³-hybridized carbons (Fsp3) is 0.333. The fourth-order valence-electron chi connectivity index (χ4n) is 3.52. The van der Waals surface area contributed by atoms with Crippen LogP contribution in [-0.4, -0.2) is 53.8 Å². The van der Waals surface area contributed by atoms with Gasteiger partial charge in [0.15, 0.2) is 5.82 Å². The van der Waals surface area contributed by atoms with E-state index in [-0.39, 0.29) is 22.6 Å². The Kier molecular flexibility index (Phi) is 5.14. The van der Waals surface area contributed by atoms with Crippen molar-refractivity contribution >= 4 is 40.9 Å². The molecule has 2 aliphatic heterocycles. The summed E-state index contributed by atoms with van der Waals surface area (Å²) in [6, 6.07) is 5.78. The third-order valence-electron chi connectivity index (χ3n) is 4.82. The molecule has 0 radical (unpaired) electrons. The maximum atomic E-state index is 13.0. The lowest BCUT2D eigenvalue weighted by molar-refractivity contribution is -0.123. The molecule has 4 rings (SSSR count). The Bertz CT molecular complexity index is 988. The van der Waals surface area contributed by atoms with Crippen LogP contribution < -0.4 is 20.4 Å². The lowest BCUT2D eigenvalue weighted by Crippen LogP contribution is -2.48. The average molecular weight is 441 g/mol. The monoisotopic (exact) mass is 440 g/mol. The molecule has 2 aliphatic rings. The molecule has 0 spiro atoms. The van der Waals surface area contributed by atoms with Crippen LogP contribution in [0.3, 0.4) is 0 Å². The number of urea groups is 1. The van der Waals surface area contributed by atoms with Gasteiger partial charge in [0.1, 0.15) is 18.1 Å². The molecule has 12 heteroatoms. The number of rotatable bonds is 3. The number of hydrogen-bond donors (Lipinski definition) is 2. The molecule has 158 valence electrons. The first-order valence-electron chi connectivity index (χ1n) is 9.04. The van der Waals surface area contributed by atoms with Gasteiger partial charge in [-0.3, -0.25) is 15.0 Å². The normalized spacial score (nSPS) is 17.5. The van der Waals surface area contributed by atoms with Gasteiger partial charge in [-0.25, -0.2) is 14.8 Å².